The van der Waals surface area contributed by atoms with E-state index >= 15 is 0 Å². The minimum absolute atomic E-state index is 0.686. The van der Waals surface area contributed by atoms with E-state index in [9.17, 15) is 0 Å². The van der Waals surface area contributed by atoms with Gasteiger partial charge in [-0.3, -0.25) is 4.68 Å². The van der Waals surface area contributed by atoms with Crippen LogP contribution in [0.1, 0.15) is 18.2 Å². The zero-order valence-corrected chi connectivity index (χ0v) is 10.2. The normalized spacial score (nSPS) is 10.5. The van der Waals surface area contributed by atoms with Crippen molar-refractivity contribution < 1.29 is 4.74 Å². The van der Waals surface area contributed by atoms with Crippen molar-refractivity contribution in [3.8, 4) is 5.75 Å². The molecule has 0 spiro atoms. The van der Waals surface area contributed by atoms with Gasteiger partial charge in [0.25, 0.3) is 0 Å². The Bertz CT molecular complexity index is 468. The lowest BCUT2D eigenvalue weighted by Crippen LogP contribution is -1.97. The lowest BCUT2D eigenvalue weighted by atomic mass is 10.1. The second-order valence-corrected chi connectivity index (χ2v) is 3.94. The van der Waals surface area contributed by atoms with Gasteiger partial charge in [0, 0.05) is 19.5 Å². The minimum atomic E-state index is 0.686. The highest BCUT2D eigenvalue weighted by molar-refractivity contribution is 5.34. The lowest BCUT2D eigenvalue weighted by molar-refractivity contribution is 0.340. The summed E-state index contributed by atoms with van der Waals surface area (Å²) < 4.78 is 7.08. The Hall–Kier alpha value is -1.97. The van der Waals surface area contributed by atoms with E-state index in [4.69, 9.17) is 10.5 Å². The Morgan fingerprint density at radius 1 is 1.29 bits per heavy atom. The predicted molar refractivity (Wildman–Crippen MR) is 68.0 cm³/mol. The summed E-state index contributed by atoms with van der Waals surface area (Å²) in [5, 5.41) is 4.32. The van der Waals surface area contributed by atoms with Crippen molar-refractivity contribution in [3.63, 3.8) is 0 Å². The maximum atomic E-state index is 5.74. The quantitative estimate of drug-likeness (QED) is 0.875. The molecule has 0 bridgehead atoms. The van der Waals surface area contributed by atoms with Gasteiger partial charge in [0.1, 0.15) is 11.6 Å². The molecule has 2 aromatic rings. The van der Waals surface area contributed by atoms with E-state index in [1.54, 1.807) is 4.68 Å². The number of hydrogen-bond donors (Lipinski definition) is 1. The molecule has 0 radical (unpaired) electrons. The molecule has 1 aromatic heterocycles. The molecule has 17 heavy (non-hydrogen) atoms. The van der Waals surface area contributed by atoms with Crippen LogP contribution in [-0.2, 0) is 13.5 Å². The third-order valence-electron chi connectivity index (χ3n) is 2.59. The Balaban J connectivity index is 2.08. The van der Waals surface area contributed by atoms with Crippen LogP contribution < -0.4 is 10.5 Å². The molecule has 2 rings (SSSR count). The van der Waals surface area contributed by atoms with E-state index in [1.165, 1.54) is 5.56 Å². The monoisotopic (exact) mass is 231 g/mol. The standard InChI is InChI=1S/C13H17N3O/c1-3-17-12-6-4-10(5-7-12)8-11-9-13(14)16(2)15-11/h4-7,9H,3,8,14H2,1-2H3. The van der Waals surface area contributed by atoms with Crippen LogP contribution in [0.25, 0.3) is 0 Å². The fourth-order valence-electron chi connectivity index (χ4n) is 1.71. The van der Waals surface area contributed by atoms with Crippen molar-refractivity contribution in [1.29, 1.82) is 0 Å². The molecule has 0 saturated heterocycles. The highest BCUT2D eigenvalue weighted by Crippen LogP contribution is 2.15. The fraction of sp³-hybridized carbons (Fsp3) is 0.308. The summed E-state index contributed by atoms with van der Waals surface area (Å²) in [4.78, 5) is 0. The maximum Gasteiger partial charge on any atom is 0.121 e. The van der Waals surface area contributed by atoms with E-state index in [1.807, 2.05) is 32.2 Å². The van der Waals surface area contributed by atoms with Crippen LogP contribution in [0.5, 0.6) is 5.75 Å². The molecular weight excluding hydrogens is 214 g/mol. The van der Waals surface area contributed by atoms with Crippen molar-refractivity contribution in [2.45, 2.75) is 13.3 Å². The zero-order chi connectivity index (χ0) is 12.3. The third kappa shape index (κ3) is 2.78. The number of benzene rings is 1. The van der Waals surface area contributed by atoms with Gasteiger partial charge in [0.2, 0.25) is 0 Å². The first-order chi connectivity index (χ1) is 8.19. The number of aryl methyl sites for hydroxylation is 1. The second kappa shape index (κ2) is 4.91. The Kier molecular flexibility index (Phi) is 3.32. The Morgan fingerprint density at radius 3 is 2.53 bits per heavy atom. The van der Waals surface area contributed by atoms with E-state index < -0.39 is 0 Å². The van der Waals surface area contributed by atoms with E-state index in [0.717, 1.165) is 17.9 Å². The van der Waals surface area contributed by atoms with Gasteiger partial charge < -0.3 is 10.5 Å². The molecule has 0 unspecified atom stereocenters. The van der Waals surface area contributed by atoms with Crippen molar-refractivity contribution in [1.82, 2.24) is 9.78 Å². The van der Waals surface area contributed by atoms with E-state index in [2.05, 4.69) is 17.2 Å². The molecule has 1 heterocycles. The molecule has 1 aromatic carbocycles. The number of anilines is 1. The molecule has 4 nitrogen and oxygen atoms in total. The Morgan fingerprint density at radius 2 is 2.00 bits per heavy atom. The molecule has 0 fully saturated rings. The summed E-state index contributed by atoms with van der Waals surface area (Å²) in [6.07, 6.45) is 0.789. The molecule has 90 valence electrons. The molecule has 0 amide bonds. The average molecular weight is 231 g/mol. The molecule has 0 saturated carbocycles. The van der Waals surface area contributed by atoms with Crippen LogP contribution in [0.15, 0.2) is 30.3 Å². The van der Waals surface area contributed by atoms with Crippen LogP contribution in [0, 0.1) is 0 Å². The predicted octanol–water partition coefficient (Wildman–Crippen LogP) is 1.99. The number of aromatic nitrogens is 2. The smallest absolute Gasteiger partial charge is 0.121 e. The van der Waals surface area contributed by atoms with Crippen molar-refractivity contribution in [2.24, 2.45) is 7.05 Å². The number of ether oxygens (including phenoxy) is 1. The van der Waals surface area contributed by atoms with Gasteiger partial charge in [-0.25, -0.2) is 0 Å². The molecule has 0 aliphatic heterocycles. The summed E-state index contributed by atoms with van der Waals surface area (Å²) in [6, 6.07) is 9.96. The fourth-order valence-corrected chi connectivity index (χ4v) is 1.71. The highest BCUT2D eigenvalue weighted by Gasteiger charge is 2.03. The number of hydrogen-bond acceptors (Lipinski definition) is 3. The first-order valence-corrected chi connectivity index (χ1v) is 5.69. The minimum Gasteiger partial charge on any atom is -0.494 e. The van der Waals surface area contributed by atoms with Crippen LogP contribution >= 0.6 is 0 Å². The number of nitrogens with two attached hydrogens (primary N) is 1. The van der Waals surface area contributed by atoms with Crippen LogP contribution in [-0.4, -0.2) is 16.4 Å². The topological polar surface area (TPSA) is 53.1 Å². The Labute approximate surface area is 101 Å². The van der Waals surface area contributed by atoms with Gasteiger partial charge >= 0.3 is 0 Å². The first kappa shape index (κ1) is 11.5. The molecule has 0 aliphatic carbocycles. The molecule has 0 aliphatic rings. The largest absolute Gasteiger partial charge is 0.494 e. The van der Waals surface area contributed by atoms with Crippen molar-refractivity contribution in [2.75, 3.05) is 12.3 Å². The van der Waals surface area contributed by atoms with Gasteiger partial charge in [-0.05, 0) is 24.6 Å². The molecule has 4 heteroatoms. The van der Waals surface area contributed by atoms with Gasteiger partial charge in [0.05, 0.1) is 12.3 Å². The van der Waals surface area contributed by atoms with Gasteiger partial charge in [-0.2, -0.15) is 5.10 Å². The maximum absolute atomic E-state index is 5.74. The van der Waals surface area contributed by atoms with Crippen molar-refractivity contribution in [3.05, 3.63) is 41.6 Å². The van der Waals surface area contributed by atoms with E-state index in [-0.39, 0.29) is 0 Å². The summed E-state index contributed by atoms with van der Waals surface area (Å²) in [6.45, 7) is 2.67. The van der Waals surface area contributed by atoms with Crippen LogP contribution in [0.4, 0.5) is 5.82 Å². The first-order valence-electron chi connectivity index (χ1n) is 5.69. The second-order valence-electron chi connectivity index (χ2n) is 3.94. The summed E-state index contributed by atoms with van der Waals surface area (Å²) in [7, 11) is 1.84. The van der Waals surface area contributed by atoms with Crippen LogP contribution in [0.3, 0.4) is 0 Å². The third-order valence-corrected chi connectivity index (χ3v) is 2.59. The molecular formula is C13H17N3O. The van der Waals surface area contributed by atoms with E-state index in [0.29, 0.717) is 12.4 Å². The number of nitrogens with zero attached hydrogens (tertiary/aromatic N) is 2. The van der Waals surface area contributed by atoms with Crippen LogP contribution in [0.2, 0.25) is 0 Å². The molecule has 0 atom stereocenters. The van der Waals surface area contributed by atoms with Crippen molar-refractivity contribution >= 4 is 5.82 Å². The SMILES string of the molecule is CCOc1ccc(Cc2cc(N)n(C)n2)cc1. The van der Waals surface area contributed by atoms with Gasteiger partial charge in [-0.1, -0.05) is 12.1 Å². The zero-order valence-electron chi connectivity index (χ0n) is 10.2. The highest BCUT2D eigenvalue weighted by atomic mass is 16.5. The van der Waals surface area contributed by atoms with Gasteiger partial charge in [-0.15, -0.1) is 0 Å². The van der Waals surface area contributed by atoms with Gasteiger partial charge in [0.15, 0.2) is 0 Å². The number of nitrogen functional groups attached to an aromatic ring is 1. The summed E-state index contributed by atoms with van der Waals surface area (Å²) in [5.74, 6) is 1.59. The summed E-state index contributed by atoms with van der Waals surface area (Å²) >= 11 is 0. The summed E-state index contributed by atoms with van der Waals surface area (Å²) in [5.41, 5.74) is 7.92. The lowest BCUT2D eigenvalue weighted by Gasteiger charge is -2.03. The average Bonchev–Trinajstić information content (AvgIpc) is 2.61. The molecule has 2 N–H and O–H groups in total. The number of rotatable bonds is 4.